The Balaban J connectivity index is 2.82. The van der Waals surface area contributed by atoms with Crippen molar-refractivity contribution in [1.29, 1.82) is 0 Å². The molecule has 18 heavy (non-hydrogen) atoms. The molecule has 0 heterocycles. The lowest BCUT2D eigenvalue weighted by molar-refractivity contribution is 0.0998. The summed E-state index contributed by atoms with van der Waals surface area (Å²) in [6.07, 6.45) is 1.53. The highest BCUT2D eigenvalue weighted by Gasteiger charge is 2.12. The molecule has 3 nitrogen and oxygen atoms in total. The van der Waals surface area contributed by atoms with E-state index in [0.717, 1.165) is 25.1 Å². The van der Waals surface area contributed by atoms with E-state index in [1.807, 2.05) is 0 Å². The molecule has 1 rings (SSSR count). The largest absolute Gasteiger partial charge is 0.394 e. The third-order valence-electron chi connectivity index (χ3n) is 3.28. The third kappa shape index (κ3) is 4.31. The predicted molar refractivity (Wildman–Crippen MR) is 76.1 cm³/mol. The maximum Gasteiger partial charge on any atom is 0.0945 e. The minimum absolute atomic E-state index is 0.187. The van der Waals surface area contributed by atoms with E-state index in [-0.39, 0.29) is 6.61 Å². The maximum atomic E-state index is 9.62. The molecule has 102 valence electrons. The Morgan fingerprint density at radius 3 is 2.50 bits per heavy atom. The van der Waals surface area contributed by atoms with Crippen molar-refractivity contribution < 1.29 is 10.2 Å². The molecule has 1 aromatic carbocycles. The molecule has 0 aliphatic heterocycles. The number of benzene rings is 1. The molecule has 0 radical (unpaired) electrons. The molecule has 0 aliphatic carbocycles. The van der Waals surface area contributed by atoms with Crippen LogP contribution < -0.4 is 4.90 Å². The zero-order valence-corrected chi connectivity index (χ0v) is 11.7. The van der Waals surface area contributed by atoms with Crippen LogP contribution in [-0.2, 0) is 0 Å². The number of unbranched alkanes of at least 4 members (excludes halogenated alkanes) is 1. The fourth-order valence-electron chi connectivity index (χ4n) is 1.91. The molecule has 1 aromatic rings. The first kappa shape index (κ1) is 15.0. The molecule has 2 N–H and O–H groups in total. The summed E-state index contributed by atoms with van der Waals surface area (Å²) in [7, 11) is 0. The Kier molecular flexibility index (Phi) is 6.16. The molecule has 0 bridgehead atoms. The third-order valence-corrected chi connectivity index (χ3v) is 3.28. The van der Waals surface area contributed by atoms with Crippen LogP contribution in [0.1, 0.15) is 30.9 Å². The summed E-state index contributed by atoms with van der Waals surface area (Å²) in [6.45, 7) is 7.56. The minimum Gasteiger partial charge on any atom is -0.394 e. The van der Waals surface area contributed by atoms with Crippen LogP contribution in [0.25, 0.3) is 0 Å². The Hall–Kier alpha value is -1.06. The van der Waals surface area contributed by atoms with Gasteiger partial charge < -0.3 is 15.1 Å². The minimum atomic E-state index is -0.677. The van der Waals surface area contributed by atoms with Crippen LogP contribution in [0.3, 0.4) is 0 Å². The van der Waals surface area contributed by atoms with Crippen molar-refractivity contribution in [3.63, 3.8) is 0 Å². The summed E-state index contributed by atoms with van der Waals surface area (Å²) >= 11 is 0. The van der Waals surface area contributed by atoms with Crippen molar-refractivity contribution in [1.82, 2.24) is 0 Å². The molecule has 0 fully saturated rings. The van der Waals surface area contributed by atoms with E-state index < -0.39 is 6.10 Å². The molecule has 0 aromatic heterocycles. The van der Waals surface area contributed by atoms with Crippen molar-refractivity contribution in [2.24, 2.45) is 0 Å². The summed E-state index contributed by atoms with van der Waals surface area (Å²) in [5.41, 5.74) is 3.66. The Labute approximate surface area is 110 Å². The summed E-state index contributed by atoms with van der Waals surface area (Å²) in [5, 5.41) is 18.6. The van der Waals surface area contributed by atoms with Crippen LogP contribution in [-0.4, -0.2) is 36.0 Å². The van der Waals surface area contributed by atoms with Gasteiger partial charge in [0, 0.05) is 18.8 Å². The van der Waals surface area contributed by atoms with Gasteiger partial charge in [0.2, 0.25) is 0 Å². The Morgan fingerprint density at radius 2 is 1.94 bits per heavy atom. The average Bonchev–Trinajstić information content (AvgIpc) is 2.37. The van der Waals surface area contributed by atoms with E-state index in [0.29, 0.717) is 6.54 Å². The standard InChI is InChI=1S/C15H25NO2/c1-4-5-8-16(10-15(18)11-17)14-7-6-12(2)13(3)9-14/h6-7,9,15,17-18H,4-5,8,10-11H2,1-3H3. The number of aliphatic hydroxyl groups is 2. The maximum absolute atomic E-state index is 9.62. The van der Waals surface area contributed by atoms with Gasteiger partial charge >= 0.3 is 0 Å². The fraction of sp³-hybridized carbons (Fsp3) is 0.600. The molecule has 1 atom stereocenters. The molecular formula is C15H25NO2. The second-order valence-corrected chi connectivity index (χ2v) is 4.90. The highest BCUT2D eigenvalue weighted by atomic mass is 16.3. The quantitative estimate of drug-likeness (QED) is 0.781. The highest BCUT2D eigenvalue weighted by molar-refractivity contribution is 5.50. The molecule has 0 amide bonds. The van der Waals surface area contributed by atoms with Crippen molar-refractivity contribution >= 4 is 5.69 Å². The molecule has 1 unspecified atom stereocenters. The first-order chi connectivity index (χ1) is 8.58. The number of hydrogen-bond donors (Lipinski definition) is 2. The van der Waals surface area contributed by atoms with Crippen LogP contribution in [0.5, 0.6) is 0 Å². The van der Waals surface area contributed by atoms with Crippen LogP contribution in [0.2, 0.25) is 0 Å². The second-order valence-electron chi connectivity index (χ2n) is 4.90. The van der Waals surface area contributed by atoms with Gasteiger partial charge in [-0.15, -0.1) is 0 Å². The van der Waals surface area contributed by atoms with Gasteiger partial charge in [0.15, 0.2) is 0 Å². The van der Waals surface area contributed by atoms with Gasteiger partial charge in [-0.2, -0.15) is 0 Å². The molecule has 0 aliphatic rings. The van der Waals surface area contributed by atoms with E-state index in [9.17, 15) is 5.11 Å². The van der Waals surface area contributed by atoms with Crippen LogP contribution in [0.4, 0.5) is 5.69 Å². The average molecular weight is 251 g/mol. The van der Waals surface area contributed by atoms with E-state index in [2.05, 4.69) is 43.9 Å². The number of nitrogens with zero attached hydrogens (tertiary/aromatic N) is 1. The van der Waals surface area contributed by atoms with Gasteiger partial charge in [-0.25, -0.2) is 0 Å². The van der Waals surface area contributed by atoms with Crippen molar-refractivity contribution in [3.8, 4) is 0 Å². The van der Waals surface area contributed by atoms with Crippen LogP contribution in [0.15, 0.2) is 18.2 Å². The summed E-state index contributed by atoms with van der Waals surface area (Å²) in [5.74, 6) is 0. The van der Waals surface area contributed by atoms with Gasteiger partial charge in [0.25, 0.3) is 0 Å². The lowest BCUT2D eigenvalue weighted by Crippen LogP contribution is -2.35. The van der Waals surface area contributed by atoms with Crippen LogP contribution in [0, 0.1) is 13.8 Å². The zero-order chi connectivity index (χ0) is 13.5. The summed E-state index contributed by atoms with van der Waals surface area (Å²) in [6, 6.07) is 6.34. The van der Waals surface area contributed by atoms with E-state index in [1.54, 1.807) is 0 Å². The van der Waals surface area contributed by atoms with Crippen molar-refractivity contribution in [2.45, 2.75) is 39.7 Å². The van der Waals surface area contributed by atoms with Gasteiger partial charge in [-0.1, -0.05) is 19.4 Å². The lowest BCUT2D eigenvalue weighted by atomic mass is 10.1. The number of rotatable bonds is 7. The van der Waals surface area contributed by atoms with E-state index in [4.69, 9.17) is 5.11 Å². The number of anilines is 1. The monoisotopic (exact) mass is 251 g/mol. The molecule has 0 spiro atoms. The normalized spacial score (nSPS) is 12.5. The van der Waals surface area contributed by atoms with Crippen LogP contribution >= 0.6 is 0 Å². The number of aliphatic hydroxyl groups excluding tert-OH is 2. The van der Waals surface area contributed by atoms with Gasteiger partial charge in [0.1, 0.15) is 0 Å². The smallest absolute Gasteiger partial charge is 0.0945 e. The molecule has 3 heteroatoms. The second kappa shape index (κ2) is 7.39. The van der Waals surface area contributed by atoms with E-state index in [1.165, 1.54) is 11.1 Å². The molecular weight excluding hydrogens is 226 g/mol. The Bertz CT molecular complexity index is 366. The lowest BCUT2D eigenvalue weighted by Gasteiger charge is -2.27. The first-order valence-corrected chi connectivity index (χ1v) is 6.69. The number of hydrogen-bond acceptors (Lipinski definition) is 3. The molecule has 0 saturated heterocycles. The summed E-state index contributed by atoms with van der Waals surface area (Å²) in [4.78, 5) is 2.15. The van der Waals surface area contributed by atoms with Gasteiger partial charge in [0.05, 0.1) is 12.7 Å². The molecule has 0 saturated carbocycles. The van der Waals surface area contributed by atoms with Crippen molar-refractivity contribution in [3.05, 3.63) is 29.3 Å². The fourth-order valence-corrected chi connectivity index (χ4v) is 1.91. The number of aryl methyl sites for hydroxylation is 2. The topological polar surface area (TPSA) is 43.7 Å². The first-order valence-electron chi connectivity index (χ1n) is 6.69. The SMILES string of the molecule is CCCCN(CC(O)CO)c1ccc(C)c(C)c1. The Morgan fingerprint density at radius 1 is 1.22 bits per heavy atom. The van der Waals surface area contributed by atoms with Gasteiger partial charge in [-0.05, 0) is 43.5 Å². The van der Waals surface area contributed by atoms with Gasteiger partial charge in [-0.3, -0.25) is 0 Å². The van der Waals surface area contributed by atoms with Crippen molar-refractivity contribution in [2.75, 3.05) is 24.6 Å². The highest BCUT2D eigenvalue weighted by Crippen LogP contribution is 2.19. The zero-order valence-electron chi connectivity index (χ0n) is 11.7. The van der Waals surface area contributed by atoms with E-state index >= 15 is 0 Å². The predicted octanol–water partition coefficient (Wildman–Crippen LogP) is 2.26. The summed E-state index contributed by atoms with van der Waals surface area (Å²) < 4.78 is 0.